The van der Waals surface area contributed by atoms with Gasteiger partial charge in [0.2, 0.25) is 5.91 Å². The van der Waals surface area contributed by atoms with Crippen LogP contribution in [0.25, 0.3) is 11.3 Å². The molecular weight excluding hydrogens is 401 g/mol. The van der Waals surface area contributed by atoms with E-state index < -0.39 is 5.82 Å². The van der Waals surface area contributed by atoms with Crippen LogP contribution in [0.5, 0.6) is 0 Å². The zero-order chi connectivity index (χ0) is 21.3. The van der Waals surface area contributed by atoms with E-state index in [0.717, 1.165) is 35.3 Å². The lowest BCUT2D eigenvalue weighted by Crippen LogP contribution is -2.36. The molecule has 2 heterocycles. The molecular formula is C23H22FN3O2S. The van der Waals surface area contributed by atoms with Crippen molar-refractivity contribution >= 4 is 34.0 Å². The fraction of sp³-hybridized carbons (Fsp3) is 0.261. The van der Waals surface area contributed by atoms with E-state index in [1.807, 2.05) is 37.4 Å². The normalized spacial score (nSPS) is 13.3. The largest absolute Gasteiger partial charge is 0.308 e. The van der Waals surface area contributed by atoms with E-state index in [1.165, 1.54) is 23.5 Å². The van der Waals surface area contributed by atoms with Crippen LogP contribution in [-0.4, -0.2) is 23.3 Å². The molecule has 0 fully saturated rings. The molecule has 0 radical (unpaired) electrons. The van der Waals surface area contributed by atoms with E-state index in [2.05, 4.69) is 10.3 Å². The number of anilines is 2. The molecule has 154 valence electrons. The van der Waals surface area contributed by atoms with Crippen molar-refractivity contribution in [2.45, 2.75) is 26.7 Å². The second kappa shape index (κ2) is 8.36. The lowest BCUT2D eigenvalue weighted by molar-refractivity contribution is -0.118. The van der Waals surface area contributed by atoms with Gasteiger partial charge in [-0.15, -0.1) is 11.3 Å². The average molecular weight is 424 g/mol. The highest BCUT2D eigenvalue weighted by Crippen LogP contribution is 2.34. The second-order valence-corrected chi connectivity index (χ2v) is 8.42. The highest BCUT2D eigenvalue weighted by molar-refractivity contribution is 7.14. The predicted molar refractivity (Wildman–Crippen MR) is 117 cm³/mol. The first-order valence-electron chi connectivity index (χ1n) is 9.90. The Hall–Kier alpha value is -3.06. The second-order valence-electron chi connectivity index (χ2n) is 7.57. The van der Waals surface area contributed by atoms with Crippen LogP contribution in [0, 0.1) is 11.7 Å². The number of nitrogens with zero attached hydrogens (tertiary/aromatic N) is 2. The minimum atomic E-state index is -0.510. The lowest BCUT2D eigenvalue weighted by Gasteiger charge is -2.30. The van der Waals surface area contributed by atoms with Gasteiger partial charge in [0.1, 0.15) is 5.82 Å². The molecule has 2 aromatic carbocycles. The number of hydrogen-bond donors (Lipinski definition) is 1. The number of amides is 2. The topological polar surface area (TPSA) is 62.3 Å². The average Bonchev–Trinajstić information content (AvgIpc) is 3.21. The summed E-state index contributed by atoms with van der Waals surface area (Å²) in [5.41, 5.74) is 3.63. The van der Waals surface area contributed by atoms with Gasteiger partial charge in [-0.05, 0) is 42.7 Å². The first kappa shape index (κ1) is 20.2. The lowest BCUT2D eigenvalue weighted by atomic mass is 9.97. The zero-order valence-corrected chi connectivity index (χ0v) is 17.6. The minimum absolute atomic E-state index is 0.0661. The highest BCUT2D eigenvalue weighted by Gasteiger charge is 2.25. The van der Waals surface area contributed by atoms with Gasteiger partial charge in [-0.1, -0.05) is 32.0 Å². The van der Waals surface area contributed by atoms with E-state index in [9.17, 15) is 14.0 Å². The summed E-state index contributed by atoms with van der Waals surface area (Å²) in [5, 5.41) is 5.29. The summed E-state index contributed by atoms with van der Waals surface area (Å²) in [6.07, 6.45) is 1.65. The van der Waals surface area contributed by atoms with Crippen LogP contribution in [0.15, 0.2) is 47.8 Å². The molecule has 30 heavy (non-hydrogen) atoms. The number of benzene rings is 2. The fourth-order valence-electron chi connectivity index (χ4n) is 3.46. The Morgan fingerprint density at radius 3 is 2.77 bits per heavy atom. The Balaban J connectivity index is 1.60. The summed E-state index contributed by atoms with van der Waals surface area (Å²) in [4.78, 5) is 31.0. The van der Waals surface area contributed by atoms with Gasteiger partial charge in [-0.2, -0.15) is 0 Å². The quantitative estimate of drug-likeness (QED) is 0.632. The van der Waals surface area contributed by atoms with Gasteiger partial charge in [-0.25, -0.2) is 9.37 Å². The van der Waals surface area contributed by atoms with Crippen molar-refractivity contribution in [2.75, 3.05) is 16.8 Å². The van der Waals surface area contributed by atoms with E-state index in [-0.39, 0.29) is 23.3 Å². The standard InChI is InChI=1S/C23H22FN3O2S/c1-14(2)21(28)26-23-25-19(13-30-23)15-9-10-20-16(12-15)6-5-11-27(20)22(29)17-7-3-4-8-18(17)24/h3-4,7-10,12-14H,5-6,11H2,1-2H3,(H,25,26,28). The maximum absolute atomic E-state index is 14.1. The van der Waals surface area contributed by atoms with Gasteiger partial charge in [0.25, 0.3) is 5.91 Å². The molecule has 0 bridgehead atoms. The van der Waals surface area contributed by atoms with Crippen molar-refractivity contribution in [3.05, 3.63) is 64.8 Å². The van der Waals surface area contributed by atoms with Gasteiger partial charge in [0, 0.05) is 29.1 Å². The molecule has 3 aromatic rings. The van der Waals surface area contributed by atoms with Crippen LogP contribution in [-0.2, 0) is 11.2 Å². The van der Waals surface area contributed by atoms with Crippen LogP contribution >= 0.6 is 11.3 Å². The molecule has 7 heteroatoms. The molecule has 1 N–H and O–H groups in total. The zero-order valence-electron chi connectivity index (χ0n) is 16.8. The van der Waals surface area contributed by atoms with Crippen molar-refractivity contribution < 1.29 is 14.0 Å². The third-order valence-corrected chi connectivity index (χ3v) is 5.86. The van der Waals surface area contributed by atoms with E-state index in [1.54, 1.807) is 17.0 Å². The molecule has 4 rings (SSSR count). The number of carbonyl (C=O) groups excluding carboxylic acids is 2. The third kappa shape index (κ3) is 3.98. The molecule has 1 aromatic heterocycles. The Bertz CT molecular complexity index is 1110. The summed E-state index contributed by atoms with van der Waals surface area (Å²) in [6, 6.07) is 11.9. The van der Waals surface area contributed by atoms with Crippen molar-refractivity contribution in [1.29, 1.82) is 0 Å². The van der Waals surface area contributed by atoms with E-state index in [4.69, 9.17) is 0 Å². The van der Waals surface area contributed by atoms with E-state index in [0.29, 0.717) is 11.7 Å². The number of aryl methyl sites for hydroxylation is 1. The number of thiazole rings is 1. The van der Waals surface area contributed by atoms with Crippen LogP contribution in [0.1, 0.15) is 36.2 Å². The van der Waals surface area contributed by atoms with Crippen LogP contribution in [0.3, 0.4) is 0 Å². The predicted octanol–water partition coefficient (Wildman–Crippen LogP) is 5.14. The van der Waals surface area contributed by atoms with Gasteiger partial charge in [-0.3, -0.25) is 9.59 Å². The number of hydrogen-bond acceptors (Lipinski definition) is 4. The summed E-state index contributed by atoms with van der Waals surface area (Å²) in [5.74, 6) is -1.01. The third-order valence-electron chi connectivity index (χ3n) is 5.10. The highest BCUT2D eigenvalue weighted by atomic mass is 32.1. The Morgan fingerprint density at radius 2 is 2.00 bits per heavy atom. The molecule has 0 saturated carbocycles. The molecule has 0 saturated heterocycles. The molecule has 0 spiro atoms. The van der Waals surface area contributed by atoms with Gasteiger partial charge in [0.15, 0.2) is 5.13 Å². The van der Waals surface area contributed by atoms with Gasteiger partial charge >= 0.3 is 0 Å². The van der Waals surface area contributed by atoms with E-state index >= 15 is 0 Å². The number of halogens is 1. The molecule has 0 unspecified atom stereocenters. The number of carbonyl (C=O) groups is 2. The number of aromatic nitrogens is 1. The van der Waals surface area contributed by atoms with Crippen molar-refractivity contribution in [1.82, 2.24) is 4.98 Å². The summed E-state index contributed by atoms with van der Waals surface area (Å²) in [6.45, 7) is 4.23. The fourth-order valence-corrected chi connectivity index (χ4v) is 4.18. The summed E-state index contributed by atoms with van der Waals surface area (Å²) in [7, 11) is 0. The summed E-state index contributed by atoms with van der Waals surface area (Å²) < 4.78 is 14.1. The Labute approximate surface area is 178 Å². The molecule has 5 nitrogen and oxygen atoms in total. The minimum Gasteiger partial charge on any atom is -0.308 e. The maximum atomic E-state index is 14.1. The van der Waals surface area contributed by atoms with Crippen molar-refractivity contribution in [3.8, 4) is 11.3 Å². The molecule has 0 atom stereocenters. The van der Waals surface area contributed by atoms with Gasteiger partial charge < -0.3 is 10.2 Å². The molecule has 1 aliphatic rings. The van der Waals surface area contributed by atoms with Crippen molar-refractivity contribution in [3.63, 3.8) is 0 Å². The number of nitrogens with one attached hydrogen (secondary N) is 1. The Morgan fingerprint density at radius 1 is 1.20 bits per heavy atom. The smallest absolute Gasteiger partial charge is 0.261 e. The summed E-state index contributed by atoms with van der Waals surface area (Å²) >= 11 is 1.38. The molecule has 1 aliphatic heterocycles. The molecule has 0 aliphatic carbocycles. The number of rotatable bonds is 4. The van der Waals surface area contributed by atoms with Crippen LogP contribution in [0.4, 0.5) is 15.2 Å². The molecule has 2 amide bonds. The monoisotopic (exact) mass is 423 g/mol. The first-order valence-corrected chi connectivity index (χ1v) is 10.8. The SMILES string of the molecule is CC(C)C(=O)Nc1nc(-c2ccc3c(c2)CCCN3C(=O)c2ccccc2F)cs1. The van der Waals surface area contributed by atoms with Gasteiger partial charge in [0.05, 0.1) is 11.3 Å². The Kier molecular flexibility index (Phi) is 5.63. The maximum Gasteiger partial charge on any atom is 0.261 e. The van der Waals surface area contributed by atoms with Crippen LogP contribution in [0.2, 0.25) is 0 Å². The van der Waals surface area contributed by atoms with Crippen molar-refractivity contribution in [2.24, 2.45) is 5.92 Å². The number of fused-ring (bicyclic) bond motifs is 1. The van der Waals surface area contributed by atoms with Crippen LogP contribution < -0.4 is 10.2 Å². The first-order chi connectivity index (χ1) is 14.4.